The smallest absolute Gasteiger partial charge is 0.317 e. The van der Waals surface area contributed by atoms with E-state index in [-0.39, 0.29) is 13.2 Å². The Morgan fingerprint density at radius 1 is 1.43 bits per heavy atom. The second kappa shape index (κ2) is 5.96. The third-order valence-corrected chi connectivity index (χ3v) is 2.76. The predicted molar refractivity (Wildman–Crippen MR) is 52.1 cm³/mol. The van der Waals surface area contributed by atoms with E-state index in [4.69, 9.17) is 5.11 Å². The van der Waals surface area contributed by atoms with E-state index in [1.807, 2.05) is 4.90 Å². The van der Waals surface area contributed by atoms with Crippen molar-refractivity contribution >= 4 is 5.97 Å². The largest absolute Gasteiger partial charge is 0.480 e. The van der Waals surface area contributed by atoms with E-state index in [0.717, 1.165) is 12.8 Å². The summed E-state index contributed by atoms with van der Waals surface area (Å²) in [5.41, 5.74) is 0. The molecule has 14 heavy (non-hydrogen) atoms. The molecule has 1 fully saturated rings. The van der Waals surface area contributed by atoms with Crippen LogP contribution in [0, 0.1) is 0 Å². The highest BCUT2D eigenvalue weighted by atomic mass is 19.1. The van der Waals surface area contributed by atoms with Crippen LogP contribution in [0.1, 0.15) is 32.1 Å². The van der Waals surface area contributed by atoms with Gasteiger partial charge in [-0.2, -0.15) is 0 Å². The number of carbonyl (C=O) groups is 1. The standard InChI is InChI=1S/C10H18FNO2/c11-6-3-7-12(8-10(13)14)9-4-1-2-5-9/h9H,1-8H2,(H,13,14). The maximum Gasteiger partial charge on any atom is 0.317 e. The van der Waals surface area contributed by atoms with E-state index in [0.29, 0.717) is 19.0 Å². The zero-order valence-corrected chi connectivity index (χ0v) is 8.41. The molecule has 0 saturated heterocycles. The number of hydrogen-bond donors (Lipinski definition) is 1. The van der Waals surface area contributed by atoms with Crippen molar-refractivity contribution < 1.29 is 14.3 Å². The Labute approximate surface area is 83.9 Å². The monoisotopic (exact) mass is 203 g/mol. The van der Waals surface area contributed by atoms with Gasteiger partial charge in [-0.25, -0.2) is 0 Å². The minimum atomic E-state index is -0.809. The highest BCUT2D eigenvalue weighted by Gasteiger charge is 2.23. The minimum Gasteiger partial charge on any atom is -0.480 e. The van der Waals surface area contributed by atoms with Crippen LogP contribution in [0.15, 0.2) is 0 Å². The lowest BCUT2D eigenvalue weighted by molar-refractivity contribution is -0.138. The molecule has 0 aromatic carbocycles. The van der Waals surface area contributed by atoms with Gasteiger partial charge in [-0.3, -0.25) is 14.1 Å². The Morgan fingerprint density at radius 3 is 2.57 bits per heavy atom. The summed E-state index contributed by atoms with van der Waals surface area (Å²) in [5, 5.41) is 8.71. The fourth-order valence-electron chi connectivity index (χ4n) is 2.10. The van der Waals surface area contributed by atoms with Gasteiger partial charge in [-0.1, -0.05) is 12.8 Å². The summed E-state index contributed by atoms with van der Waals surface area (Å²) in [6.45, 7) is 0.279. The molecular formula is C10H18FNO2. The van der Waals surface area contributed by atoms with Gasteiger partial charge in [-0.15, -0.1) is 0 Å². The zero-order chi connectivity index (χ0) is 10.4. The number of carboxylic acid groups (broad SMARTS) is 1. The molecule has 4 heteroatoms. The van der Waals surface area contributed by atoms with Gasteiger partial charge in [-0.05, 0) is 19.3 Å². The van der Waals surface area contributed by atoms with Gasteiger partial charge in [0.2, 0.25) is 0 Å². The molecule has 1 rings (SSSR count). The average molecular weight is 203 g/mol. The Morgan fingerprint density at radius 2 is 2.07 bits per heavy atom. The molecule has 0 unspecified atom stereocenters. The lowest BCUT2D eigenvalue weighted by Gasteiger charge is -2.26. The van der Waals surface area contributed by atoms with Gasteiger partial charge in [0.05, 0.1) is 13.2 Å². The van der Waals surface area contributed by atoms with Crippen LogP contribution < -0.4 is 0 Å². The van der Waals surface area contributed by atoms with Crippen molar-refractivity contribution in [2.75, 3.05) is 19.8 Å². The highest BCUT2D eigenvalue weighted by Crippen LogP contribution is 2.23. The predicted octanol–water partition coefficient (Wildman–Crippen LogP) is 1.68. The number of hydrogen-bond acceptors (Lipinski definition) is 2. The molecule has 0 atom stereocenters. The molecule has 1 N–H and O–H groups in total. The topological polar surface area (TPSA) is 40.5 Å². The normalized spacial score (nSPS) is 17.9. The molecule has 0 aromatic heterocycles. The second-order valence-corrected chi connectivity index (χ2v) is 3.85. The molecule has 82 valence electrons. The van der Waals surface area contributed by atoms with Crippen LogP contribution in [0.4, 0.5) is 4.39 Å². The third-order valence-electron chi connectivity index (χ3n) is 2.76. The van der Waals surface area contributed by atoms with Crippen molar-refractivity contribution in [3.63, 3.8) is 0 Å². The molecule has 1 aliphatic rings. The number of rotatable bonds is 6. The van der Waals surface area contributed by atoms with E-state index in [9.17, 15) is 9.18 Å². The van der Waals surface area contributed by atoms with Gasteiger partial charge in [0.25, 0.3) is 0 Å². The van der Waals surface area contributed by atoms with E-state index in [2.05, 4.69) is 0 Å². The molecule has 0 amide bonds. The average Bonchev–Trinajstić information content (AvgIpc) is 2.64. The van der Waals surface area contributed by atoms with Crippen molar-refractivity contribution in [3.05, 3.63) is 0 Å². The van der Waals surface area contributed by atoms with Gasteiger partial charge in [0.1, 0.15) is 0 Å². The summed E-state index contributed by atoms with van der Waals surface area (Å²) in [4.78, 5) is 12.5. The number of alkyl halides is 1. The van der Waals surface area contributed by atoms with Gasteiger partial charge in [0, 0.05) is 12.6 Å². The SMILES string of the molecule is O=C(O)CN(CCCF)C1CCCC1. The summed E-state index contributed by atoms with van der Waals surface area (Å²) >= 11 is 0. The highest BCUT2D eigenvalue weighted by molar-refractivity contribution is 5.69. The van der Waals surface area contributed by atoms with E-state index in [1.54, 1.807) is 0 Å². The Hall–Kier alpha value is -0.640. The molecule has 0 radical (unpaired) electrons. The molecule has 0 heterocycles. The van der Waals surface area contributed by atoms with E-state index in [1.165, 1.54) is 12.8 Å². The number of carboxylic acids is 1. The van der Waals surface area contributed by atoms with Gasteiger partial charge < -0.3 is 5.11 Å². The summed E-state index contributed by atoms with van der Waals surface area (Å²) < 4.78 is 12.0. The molecule has 1 aliphatic carbocycles. The van der Waals surface area contributed by atoms with Crippen LogP contribution in [0.2, 0.25) is 0 Å². The lowest BCUT2D eigenvalue weighted by Crippen LogP contribution is -2.38. The second-order valence-electron chi connectivity index (χ2n) is 3.85. The summed E-state index contributed by atoms with van der Waals surface area (Å²) in [7, 11) is 0. The Balaban J connectivity index is 2.37. The van der Waals surface area contributed by atoms with Crippen LogP contribution in [0.3, 0.4) is 0 Å². The van der Waals surface area contributed by atoms with Crippen LogP contribution in [0.25, 0.3) is 0 Å². The minimum absolute atomic E-state index is 0.0602. The van der Waals surface area contributed by atoms with Crippen LogP contribution in [0.5, 0.6) is 0 Å². The molecule has 0 aliphatic heterocycles. The van der Waals surface area contributed by atoms with Crippen LogP contribution >= 0.6 is 0 Å². The summed E-state index contributed by atoms with van der Waals surface area (Å²) in [6, 6.07) is 0.373. The summed E-state index contributed by atoms with van der Waals surface area (Å²) in [6.07, 6.45) is 4.94. The zero-order valence-electron chi connectivity index (χ0n) is 8.41. The lowest BCUT2D eigenvalue weighted by atomic mass is 10.2. The maximum absolute atomic E-state index is 12.0. The molecule has 0 spiro atoms. The maximum atomic E-state index is 12.0. The van der Waals surface area contributed by atoms with Crippen molar-refractivity contribution in [3.8, 4) is 0 Å². The molecule has 3 nitrogen and oxygen atoms in total. The van der Waals surface area contributed by atoms with Crippen LogP contribution in [-0.2, 0) is 4.79 Å². The molecular weight excluding hydrogens is 185 g/mol. The van der Waals surface area contributed by atoms with Crippen LogP contribution in [-0.4, -0.2) is 41.8 Å². The van der Waals surface area contributed by atoms with Crippen molar-refractivity contribution in [2.45, 2.75) is 38.1 Å². The third kappa shape index (κ3) is 3.62. The fourth-order valence-corrected chi connectivity index (χ4v) is 2.10. The van der Waals surface area contributed by atoms with Gasteiger partial charge in [0.15, 0.2) is 0 Å². The molecule has 1 saturated carbocycles. The number of nitrogens with zero attached hydrogens (tertiary/aromatic N) is 1. The first-order chi connectivity index (χ1) is 6.74. The Kier molecular flexibility index (Phi) is 4.87. The first-order valence-electron chi connectivity index (χ1n) is 5.26. The molecule has 0 aromatic rings. The van der Waals surface area contributed by atoms with Crippen molar-refractivity contribution in [2.24, 2.45) is 0 Å². The van der Waals surface area contributed by atoms with Crippen molar-refractivity contribution in [1.29, 1.82) is 0 Å². The first kappa shape index (κ1) is 11.4. The summed E-state index contributed by atoms with van der Waals surface area (Å²) in [5.74, 6) is -0.809. The number of halogens is 1. The molecule has 0 bridgehead atoms. The Bertz CT molecular complexity index is 181. The quantitative estimate of drug-likeness (QED) is 0.714. The van der Waals surface area contributed by atoms with Crippen molar-refractivity contribution in [1.82, 2.24) is 4.90 Å². The number of aliphatic carboxylic acids is 1. The van der Waals surface area contributed by atoms with E-state index < -0.39 is 5.97 Å². The fraction of sp³-hybridized carbons (Fsp3) is 0.900. The van der Waals surface area contributed by atoms with E-state index >= 15 is 0 Å². The first-order valence-corrected chi connectivity index (χ1v) is 5.26. The van der Waals surface area contributed by atoms with Gasteiger partial charge >= 0.3 is 5.97 Å².